The number of aromatic amines is 2. The van der Waals surface area contributed by atoms with Crippen LogP contribution in [-0.2, 0) is 0 Å². The fraction of sp³-hybridized carbons (Fsp3) is 0. The summed E-state index contributed by atoms with van der Waals surface area (Å²) >= 11 is 0. The van der Waals surface area contributed by atoms with Crippen LogP contribution in [0.3, 0.4) is 0 Å². The zero-order valence-electron chi connectivity index (χ0n) is 35.1. The maximum absolute atomic E-state index is 4.82. The maximum atomic E-state index is 4.82. The molecular formula is C55H35N11. The molecular weight excluding hydrogens is 815 g/mol. The first-order valence-electron chi connectivity index (χ1n) is 21.4. The second-order valence-electron chi connectivity index (χ2n) is 16.0. The predicted octanol–water partition coefficient (Wildman–Crippen LogP) is 11.7. The Hall–Kier alpha value is -9.35. The van der Waals surface area contributed by atoms with E-state index in [0.29, 0.717) is 0 Å². The molecule has 3 aromatic rings. The van der Waals surface area contributed by atoms with Crippen molar-refractivity contribution in [1.82, 2.24) is 54.8 Å². The highest BCUT2D eigenvalue weighted by Gasteiger charge is 2.08. The first-order valence-corrected chi connectivity index (χ1v) is 21.4. The van der Waals surface area contributed by atoms with Crippen LogP contribution < -0.4 is 0 Å². The van der Waals surface area contributed by atoms with Gasteiger partial charge in [0, 0.05) is 22.1 Å². The molecule has 0 atom stereocenters. The molecule has 9 aliphatic heterocycles. The summed E-state index contributed by atoms with van der Waals surface area (Å²) in [5.41, 5.74) is 18.7. The molecule has 11 nitrogen and oxygen atoms in total. The monoisotopic (exact) mass is 849 g/mol. The summed E-state index contributed by atoms with van der Waals surface area (Å²) in [6, 6.07) is 30.1. The third-order valence-corrected chi connectivity index (χ3v) is 10.9. The van der Waals surface area contributed by atoms with Gasteiger partial charge in [-0.15, -0.1) is 0 Å². The van der Waals surface area contributed by atoms with Gasteiger partial charge in [0.05, 0.1) is 102 Å². The Morgan fingerprint density at radius 2 is 0.288 bits per heavy atom. The molecule has 0 radical (unpaired) electrons. The van der Waals surface area contributed by atoms with Gasteiger partial charge in [0.2, 0.25) is 0 Å². The third-order valence-electron chi connectivity index (χ3n) is 10.9. The van der Waals surface area contributed by atoms with Gasteiger partial charge in [-0.2, -0.15) is 0 Å². The lowest BCUT2D eigenvalue weighted by atomic mass is 10.3. The Labute approximate surface area is 378 Å². The van der Waals surface area contributed by atoms with Crippen LogP contribution in [0.2, 0.25) is 0 Å². The minimum absolute atomic E-state index is 0.819. The van der Waals surface area contributed by atoms with Crippen LogP contribution in [0.5, 0.6) is 0 Å². The van der Waals surface area contributed by atoms with Gasteiger partial charge in [-0.05, 0) is 200 Å². The van der Waals surface area contributed by atoms with E-state index in [9.17, 15) is 0 Å². The van der Waals surface area contributed by atoms with Crippen molar-refractivity contribution in [3.63, 3.8) is 0 Å². The lowest BCUT2D eigenvalue weighted by Crippen LogP contribution is -1.80. The van der Waals surface area contributed by atoms with Crippen LogP contribution in [0.4, 0.5) is 0 Å². The van der Waals surface area contributed by atoms with Gasteiger partial charge in [0.15, 0.2) is 0 Å². The predicted molar refractivity (Wildman–Crippen MR) is 269 cm³/mol. The molecule has 66 heavy (non-hydrogen) atoms. The summed E-state index contributed by atoms with van der Waals surface area (Å²) in [4.78, 5) is 50.1. The van der Waals surface area contributed by atoms with E-state index in [1.807, 2.05) is 200 Å². The zero-order chi connectivity index (χ0) is 43.8. The van der Waals surface area contributed by atoms with Crippen molar-refractivity contribution in [3.8, 4) is 0 Å². The van der Waals surface area contributed by atoms with E-state index in [1.165, 1.54) is 0 Å². The van der Waals surface area contributed by atoms with Gasteiger partial charge in [-0.1, -0.05) is 0 Å². The second kappa shape index (κ2) is 16.4. The van der Waals surface area contributed by atoms with E-state index >= 15 is 0 Å². The molecule has 12 rings (SSSR count). The molecule has 9 aliphatic rings. The average molecular weight is 850 g/mol. The Morgan fingerprint density at radius 3 is 0.424 bits per heavy atom. The topological polar surface area (TPSA) is 148 Å². The number of nitrogens with zero attached hydrogens (tertiary/aromatic N) is 9. The molecule has 310 valence electrons. The maximum Gasteiger partial charge on any atom is 0.0659 e. The molecule has 0 aliphatic carbocycles. The van der Waals surface area contributed by atoms with Crippen LogP contribution in [0.1, 0.15) is 102 Å². The van der Waals surface area contributed by atoms with Crippen molar-refractivity contribution in [2.24, 2.45) is 0 Å². The minimum atomic E-state index is 0.819. The second-order valence-corrected chi connectivity index (χ2v) is 16.0. The summed E-state index contributed by atoms with van der Waals surface area (Å²) in [5, 5.41) is 0. The van der Waals surface area contributed by atoms with Gasteiger partial charge >= 0.3 is 0 Å². The highest BCUT2D eigenvalue weighted by Crippen LogP contribution is 2.22. The van der Waals surface area contributed by atoms with Crippen LogP contribution in [0.15, 0.2) is 91.0 Å². The molecule has 12 heterocycles. The summed E-state index contributed by atoms with van der Waals surface area (Å²) in [6.45, 7) is 0. The van der Waals surface area contributed by atoms with E-state index < -0.39 is 0 Å². The number of hydrogen-bond acceptors (Lipinski definition) is 9. The van der Waals surface area contributed by atoms with Gasteiger partial charge in [-0.25, -0.2) is 44.9 Å². The van der Waals surface area contributed by atoms with Crippen molar-refractivity contribution in [1.29, 1.82) is 0 Å². The minimum Gasteiger partial charge on any atom is -0.355 e. The van der Waals surface area contributed by atoms with E-state index in [1.54, 1.807) is 0 Å². The Kier molecular flexibility index (Phi) is 9.53. The number of H-pyrrole nitrogens is 2. The highest BCUT2D eigenvalue weighted by atomic mass is 14.8. The molecule has 3 aromatic heterocycles. The summed E-state index contributed by atoms with van der Waals surface area (Å²) in [7, 11) is 0. The number of hydrogen-bond donors (Lipinski definition) is 2. The summed E-state index contributed by atoms with van der Waals surface area (Å²) in [5.74, 6) is 0. The smallest absolute Gasteiger partial charge is 0.0659 e. The Balaban J connectivity index is 0.903. The molecule has 0 unspecified atom stereocenters. The fourth-order valence-electron chi connectivity index (χ4n) is 7.89. The Morgan fingerprint density at radius 1 is 0.167 bits per heavy atom. The average Bonchev–Trinajstić information content (AvgIpc) is 4.13. The SMILES string of the molecule is C1=Cc2cc3nc(cc4nc(cc5nc(cc6ccc(cc7nc(cc8ccc(cc9nc(cc%10nc(cc%11nc(cc%12nc(cc1n2)C=C%12)C=C%11)C=C%10)C=C9)[nH]8)C=C7)[nH]6)C=C5)C=C4)C=C3. The van der Waals surface area contributed by atoms with Crippen LogP contribution >= 0.6 is 0 Å². The molecule has 2 N–H and O–H groups in total. The normalized spacial score (nSPS) is 13.5. The van der Waals surface area contributed by atoms with E-state index in [0.717, 1.165) is 125 Å². The van der Waals surface area contributed by atoms with Crippen molar-refractivity contribution in [2.45, 2.75) is 0 Å². The van der Waals surface area contributed by atoms with Crippen LogP contribution in [-0.4, -0.2) is 54.8 Å². The molecule has 0 fully saturated rings. The number of fused-ring (bicyclic) bond motifs is 22. The molecule has 0 amide bonds. The lowest BCUT2D eigenvalue weighted by molar-refractivity contribution is 1.24. The van der Waals surface area contributed by atoms with E-state index in [4.69, 9.17) is 44.9 Å². The first-order chi connectivity index (χ1) is 32.4. The van der Waals surface area contributed by atoms with E-state index in [2.05, 4.69) is 9.97 Å². The van der Waals surface area contributed by atoms with Crippen LogP contribution in [0, 0.1) is 0 Å². The number of aromatic nitrogens is 11. The number of nitrogens with one attached hydrogen (secondary N) is 2. The molecule has 0 saturated heterocycles. The molecule has 22 bridgehead atoms. The largest absolute Gasteiger partial charge is 0.355 e. The Bertz CT molecular complexity index is 3480. The molecule has 11 heteroatoms. The van der Waals surface area contributed by atoms with Crippen molar-refractivity contribution >= 4 is 131 Å². The van der Waals surface area contributed by atoms with Gasteiger partial charge < -0.3 is 9.97 Å². The quantitative estimate of drug-likeness (QED) is 0.152. The van der Waals surface area contributed by atoms with Gasteiger partial charge in [0.25, 0.3) is 0 Å². The molecule has 0 aromatic carbocycles. The standard InChI is InChI=1S/C55H35N11/c1-2-35-24-37-5-6-39(58-37)26-41-9-10-43(60-41)28-45-13-14-47(62-45)30-49-17-18-51(64-49)32-53-21-22-55(66-53)33-54-20-19-52(65-54)31-50-16-15-48(63-50)29-46-12-11-44(61-46)27-42-8-7-40(59-42)25-38-4-3-36(57-38)23-34(1)56-35/h1-33,56,59H. The molecule has 0 spiro atoms. The highest BCUT2D eigenvalue weighted by molar-refractivity contribution is 5.82. The summed E-state index contributed by atoms with van der Waals surface area (Å²) in [6.07, 6.45) is 35.8. The van der Waals surface area contributed by atoms with Gasteiger partial charge in [0.1, 0.15) is 0 Å². The first kappa shape index (κ1) is 38.3. The third kappa shape index (κ3) is 8.81. The fourth-order valence-corrected chi connectivity index (χ4v) is 7.89. The van der Waals surface area contributed by atoms with E-state index in [-0.39, 0.29) is 0 Å². The van der Waals surface area contributed by atoms with Crippen LogP contribution in [0.25, 0.3) is 131 Å². The van der Waals surface area contributed by atoms with Crippen molar-refractivity contribution in [3.05, 3.63) is 193 Å². The zero-order valence-corrected chi connectivity index (χ0v) is 35.1. The van der Waals surface area contributed by atoms with Gasteiger partial charge in [-0.3, -0.25) is 0 Å². The van der Waals surface area contributed by atoms with Crippen molar-refractivity contribution in [2.75, 3.05) is 0 Å². The molecule has 0 saturated carbocycles. The van der Waals surface area contributed by atoms with Crippen molar-refractivity contribution < 1.29 is 0 Å². The lowest BCUT2D eigenvalue weighted by Gasteiger charge is -1.86. The number of rotatable bonds is 0. The summed E-state index contributed by atoms with van der Waals surface area (Å²) < 4.78 is 0.